The summed E-state index contributed by atoms with van der Waals surface area (Å²) < 4.78 is 0. The molecule has 5 nitrogen and oxygen atoms in total. The fourth-order valence-electron chi connectivity index (χ4n) is 2.12. The number of fused-ring (bicyclic) bond motifs is 1. The van der Waals surface area contributed by atoms with Crippen LogP contribution in [0, 0.1) is 0 Å². The molecule has 0 radical (unpaired) electrons. The summed E-state index contributed by atoms with van der Waals surface area (Å²) in [5.74, 6) is 0.193. The Hall–Kier alpha value is -2.05. The number of nitrogens with one attached hydrogen (secondary N) is 2. The van der Waals surface area contributed by atoms with Gasteiger partial charge in [-0.3, -0.25) is 4.79 Å². The van der Waals surface area contributed by atoms with E-state index in [4.69, 9.17) is 11.6 Å². The van der Waals surface area contributed by atoms with Crippen molar-refractivity contribution in [1.82, 2.24) is 15.0 Å². The lowest BCUT2D eigenvalue weighted by atomic mass is 10.1. The SMILES string of the molecule is CCc1cccc(NC(=O)CSc2nc3ncc(Cl)cc3[nH]2)c1. The van der Waals surface area contributed by atoms with Crippen LogP contribution in [-0.2, 0) is 11.2 Å². The second-order valence-corrected chi connectivity index (χ2v) is 6.36. The first-order chi connectivity index (χ1) is 11.1. The number of aromatic nitrogens is 3. The van der Waals surface area contributed by atoms with Crippen LogP contribution in [0.25, 0.3) is 11.2 Å². The smallest absolute Gasteiger partial charge is 0.234 e. The van der Waals surface area contributed by atoms with E-state index in [2.05, 4.69) is 27.2 Å². The highest BCUT2D eigenvalue weighted by Gasteiger charge is 2.08. The first kappa shape index (κ1) is 15.8. The molecule has 1 aromatic carbocycles. The average molecular weight is 347 g/mol. The Kier molecular flexibility index (Phi) is 4.83. The third-order valence-electron chi connectivity index (χ3n) is 3.24. The van der Waals surface area contributed by atoms with Crippen molar-refractivity contribution < 1.29 is 4.79 Å². The molecule has 0 aliphatic carbocycles. The van der Waals surface area contributed by atoms with E-state index in [1.54, 1.807) is 12.3 Å². The van der Waals surface area contributed by atoms with Crippen LogP contribution in [-0.4, -0.2) is 26.6 Å². The molecule has 0 spiro atoms. The topological polar surface area (TPSA) is 70.7 Å². The van der Waals surface area contributed by atoms with Gasteiger partial charge in [0.05, 0.1) is 16.3 Å². The van der Waals surface area contributed by atoms with E-state index in [-0.39, 0.29) is 11.7 Å². The van der Waals surface area contributed by atoms with Crippen LogP contribution in [0.2, 0.25) is 5.02 Å². The number of aryl methyl sites for hydroxylation is 1. The molecule has 3 aromatic rings. The number of anilines is 1. The van der Waals surface area contributed by atoms with Crippen LogP contribution < -0.4 is 5.32 Å². The van der Waals surface area contributed by atoms with Gasteiger partial charge in [0.25, 0.3) is 0 Å². The van der Waals surface area contributed by atoms with Gasteiger partial charge in [0.1, 0.15) is 0 Å². The van der Waals surface area contributed by atoms with Crippen LogP contribution in [0.4, 0.5) is 5.69 Å². The summed E-state index contributed by atoms with van der Waals surface area (Å²) in [4.78, 5) is 23.6. The van der Waals surface area contributed by atoms with E-state index >= 15 is 0 Å². The van der Waals surface area contributed by atoms with E-state index in [1.807, 2.05) is 24.3 Å². The summed E-state index contributed by atoms with van der Waals surface area (Å²) >= 11 is 7.22. The molecule has 1 amide bonds. The van der Waals surface area contributed by atoms with Crippen molar-refractivity contribution in [1.29, 1.82) is 0 Å². The number of H-pyrrole nitrogens is 1. The molecule has 0 fully saturated rings. The van der Waals surface area contributed by atoms with Gasteiger partial charge >= 0.3 is 0 Å². The average Bonchev–Trinajstić information content (AvgIpc) is 2.95. The van der Waals surface area contributed by atoms with Crippen LogP contribution in [0.5, 0.6) is 0 Å². The van der Waals surface area contributed by atoms with E-state index < -0.39 is 0 Å². The summed E-state index contributed by atoms with van der Waals surface area (Å²) in [5.41, 5.74) is 3.35. The molecule has 0 aliphatic heterocycles. The molecule has 7 heteroatoms. The molecule has 0 unspecified atom stereocenters. The highest BCUT2D eigenvalue weighted by Crippen LogP contribution is 2.20. The quantitative estimate of drug-likeness (QED) is 0.687. The first-order valence-electron chi connectivity index (χ1n) is 7.17. The number of imidazole rings is 1. The van der Waals surface area contributed by atoms with E-state index in [1.165, 1.54) is 17.3 Å². The van der Waals surface area contributed by atoms with Gasteiger partial charge < -0.3 is 10.3 Å². The molecule has 2 N–H and O–H groups in total. The number of hydrogen-bond donors (Lipinski definition) is 2. The third-order valence-corrected chi connectivity index (χ3v) is 4.32. The number of carbonyl (C=O) groups excluding carboxylic acids is 1. The van der Waals surface area contributed by atoms with E-state index in [0.29, 0.717) is 15.8 Å². The largest absolute Gasteiger partial charge is 0.331 e. The number of thioether (sulfide) groups is 1. The van der Waals surface area contributed by atoms with Crippen molar-refractivity contribution in [3.05, 3.63) is 47.1 Å². The normalized spacial score (nSPS) is 10.9. The van der Waals surface area contributed by atoms with Crippen LogP contribution in [0.3, 0.4) is 0 Å². The van der Waals surface area contributed by atoms with Gasteiger partial charge in [-0.1, -0.05) is 42.4 Å². The Morgan fingerprint density at radius 1 is 1.39 bits per heavy atom. The fourth-order valence-corrected chi connectivity index (χ4v) is 2.95. The third kappa shape index (κ3) is 4.03. The van der Waals surface area contributed by atoms with Gasteiger partial charge in [-0.05, 0) is 30.2 Å². The molecule has 0 saturated heterocycles. The summed E-state index contributed by atoms with van der Waals surface area (Å²) in [7, 11) is 0. The number of amides is 1. The minimum absolute atomic E-state index is 0.0744. The summed E-state index contributed by atoms with van der Waals surface area (Å²) in [6, 6.07) is 9.61. The number of nitrogens with zero attached hydrogens (tertiary/aromatic N) is 2. The van der Waals surface area contributed by atoms with Crippen molar-refractivity contribution in [3.63, 3.8) is 0 Å². The molecule has 0 atom stereocenters. The Morgan fingerprint density at radius 2 is 2.26 bits per heavy atom. The number of rotatable bonds is 5. The van der Waals surface area contributed by atoms with Crippen molar-refractivity contribution in [2.75, 3.05) is 11.1 Å². The molecular formula is C16H15ClN4OS. The Morgan fingerprint density at radius 3 is 3.09 bits per heavy atom. The maximum atomic E-state index is 12.0. The lowest BCUT2D eigenvalue weighted by Crippen LogP contribution is -2.14. The van der Waals surface area contributed by atoms with Gasteiger partial charge in [-0.25, -0.2) is 9.97 Å². The van der Waals surface area contributed by atoms with Crippen molar-refractivity contribution in [2.45, 2.75) is 18.5 Å². The summed E-state index contributed by atoms with van der Waals surface area (Å²) in [5, 5.41) is 4.08. The predicted octanol–water partition coefficient (Wildman–Crippen LogP) is 3.90. The number of carbonyl (C=O) groups is 1. The number of hydrogen-bond acceptors (Lipinski definition) is 4. The molecule has 0 aliphatic rings. The van der Waals surface area contributed by atoms with Gasteiger partial charge in [0, 0.05) is 11.9 Å². The summed E-state index contributed by atoms with van der Waals surface area (Å²) in [6.45, 7) is 2.08. The van der Waals surface area contributed by atoms with E-state index in [0.717, 1.165) is 17.6 Å². The Labute approximate surface area is 142 Å². The number of aromatic amines is 1. The molecule has 0 saturated carbocycles. The molecule has 2 heterocycles. The van der Waals surface area contributed by atoms with E-state index in [9.17, 15) is 4.79 Å². The van der Waals surface area contributed by atoms with Crippen LogP contribution in [0.15, 0.2) is 41.7 Å². The molecular weight excluding hydrogens is 332 g/mol. The lowest BCUT2D eigenvalue weighted by Gasteiger charge is -2.05. The molecule has 2 aromatic heterocycles. The number of pyridine rings is 1. The lowest BCUT2D eigenvalue weighted by molar-refractivity contribution is -0.113. The number of halogens is 1. The first-order valence-corrected chi connectivity index (χ1v) is 8.53. The zero-order valence-corrected chi connectivity index (χ0v) is 14.0. The minimum Gasteiger partial charge on any atom is -0.331 e. The second kappa shape index (κ2) is 7.02. The van der Waals surface area contributed by atoms with Crippen molar-refractivity contribution >= 4 is 46.1 Å². The molecule has 23 heavy (non-hydrogen) atoms. The van der Waals surface area contributed by atoms with Crippen molar-refractivity contribution in [3.8, 4) is 0 Å². The zero-order chi connectivity index (χ0) is 16.2. The molecule has 3 rings (SSSR count). The second-order valence-electron chi connectivity index (χ2n) is 4.96. The Balaban J connectivity index is 1.61. The molecule has 0 bridgehead atoms. The predicted molar refractivity (Wildman–Crippen MR) is 94.1 cm³/mol. The standard InChI is InChI=1S/C16H15ClN4OS/c1-2-10-4-3-5-12(6-10)19-14(22)9-23-16-20-13-7-11(17)8-18-15(13)21-16/h3-8H,2,9H2,1H3,(H,19,22)(H,18,20,21). The Bertz CT molecular complexity index is 849. The highest BCUT2D eigenvalue weighted by atomic mass is 35.5. The van der Waals surface area contributed by atoms with Gasteiger partial charge in [0.2, 0.25) is 5.91 Å². The monoisotopic (exact) mass is 346 g/mol. The van der Waals surface area contributed by atoms with Gasteiger partial charge in [-0.2, -0.15) is 0 Å². The van der Waals surface area contributed by atoms with Crippen LogP contribution >= 0.6 is 23.4 Å². The maximum Gasteiger partial charge on any atom is 0.234 e. The maximum absolute atomic E-state index is 12.0. The highest BCUT2D eigenvalue weighted by molar-refractivity contribution is 7.99. The van der Waals surface area contributed by atoms with Gasteiger partial charge in [-0.15, -0.1) is 0 Å². The summed E-state index contributed by atoms with van der Waals surface area (Å²) in [6.07, 6.45) is 2.49. The molecule has 118 valence electrons. The number of benzene rings is 1. The van der Waals surface area contributed by atoms with Crippen LogP contribution in [0.1, 0.15) is 12.5 Å². The van der Waals surface area contributed by atoms with Gasteiger partial charge in [0.15, 0.2) is 10.8 Å². The fraction of sp³-hybridized carbons (Fsp3) is 0.188. The zero-order valence-electron chi connectivity index (χ0n) is 12.5. The van der Waals surface area contributed by atoms with Crippen molar-refractivity contribution in [2.24, 2.45) is 0 Å². The minimum atomic E-state index is -0.0744.